The summed E-state index contributed by atoms with van der Waals surface area (Å²) in [5.74, 6) is -0.642. The van der Waals surface area contributed by atoms with Crippen LogP contribution in [0.5, 0.6) is 0 Å². The highest BCUT2D eigenvalue weighted by Crippen LogP contribution is 2.24. The van der Waals surface area contributed by atoms with Gasteiger partial charge in [0.15, 0.2) is 6.61 Å². The summed E-state index contributed by atoms with van der Waals surface area (Å²) in [5, 5.41) is 9.04. The quantitative estimate of drug-likeness (QED) is 0.445. The zero-order valence-corrected chi connectivity index (χ0v) is 19.2. The molecule has 2 N–H and O–H groups in total. The van der Waals surface area contributed by atoms with Crippen LogP contribution < -0.4 is 10.6 Å². The lowest BCUT2D eigenvalue weighted by Crippen LogP contribution is -2.40. The van der Waals surface area contributed by atoms with Crippen LogP contribution in [-0.4, -0.2) is 63.7 Å². The Hall–Kier alpha value is -3.28. The van der Waals surface area contributed by atoms with Gasteiger partial charge < -0.3 is 20.2 Å². The Balaban J connectivity index is 1.55. The van der Waals surface area contributed by atoms with Crippen molar-refractivity contribution in [2.45, 2.75) is 18.7 Å². The number of morpholine rings is 1. The first-order valence-electron chi connectivity index (χ1n) is 10.3. The maximum Gasteiger partial charge on any atom is 0.265 e. The fraction of sp³-hybridized carbons (Fsp3) is 0.318. The van der Waals surface area contributed by atoms with Crippen molar-refractivity contribution in [1.29, 1.82) is 0 Å². The van der Waals surface area contributed by atoms with Crippen LogP contribution in [-0.2, 0) is 29.2 Å². The third-order valence-electron chi connectivity index (χ3n) is 4.76. The maximum absolute atomic E-state index is 13.0. The minimum Gasteiger partial charge on any atom is -0.386 e. The lowest BCUT2D eigenvalue weighted by Gasteiger charge is -2.26. The SMILES string of the molecule is CC(=O)Nc1ccc(/C=N/OCC(=O)Nc2ccc(C)c(S(=O)(=O)N3CCOCC3)c2)cc1. The van der Waals surface area contributed by atoms with E-state index < -0.39 is 15.9 Å². The van der Waals surface area contributed by atoms with Gasteiger partial charge in [-0.3, -0.25) is 9.59 Å². The van der Waals surface area contributed by atoms with Gasteiger partial charge in [-0.25, -0.2) is 8.42 Å². The highest BCUT2D eigenvalue weighted by molar-refractivity contribution is 7.89. The average molecular weight is 475 g/mol. The van der Waals surface area contributed by atoms with Crippen molar-refractivity contribution < 1.29 is 27.6 Å². The van der Waals surface area contributed by atoms with Gasteiger partial charge >= 0.3 is 0 Å². The monoisotopic (exact) mass is 474 g/mol. The lowest BCUT2D eigenvalue weighted by molar-refractivity contribution is -0.120. The molecule has 1 saturated heterocycles. The van der Waals surface area contributed by atoms with Gasteiger partial charge in [0.1, 0.15) is 0 Å². The van der Waals surface area contributed by atoms with Crippen molar-refractivity contribution in [2.75, 3.05) is 43.5 Å². The van der Waals surface area contributed by atoms with Gasteiger partial charge in [0, 0.05) is 31.4 Å². The molecule has 0 aromatic heterocycles. The fourth-order valence-corrected chi connectivity index (χ4v) is 4.79. The number of ether oxygens (including phenoxy) is 1. The highest BCUT2D eigenvalue weighted by Gasteiger charge is 2.28. The molecular weight excluding hydrogens is 448 g/mol. The molecule has 2 aromatic rings. The number of nitrogens with zero attached hydrogens (tertiary/aromatic N) is 2. The van der Waals surface area contributed by atoms with E-state index in [-0.39, 0.29) is 17.4 Å². The van der Waals surface area contributed by atoms with E-state index in [1.165, 1.54) is 23.5 Å². The zero-order valence-electron chi connectivity index (χ0n) is 18.4. The van der Waals surface area contributed by atoms with E-state index in [2.05, 4.69) is 15.8 Å². The molecule has 0 saturated carbocycles. The molecule has 0 spiro atoms. The minimum absolute atomic E-state index is 0.142. The second kappa shape index (κ2) is 11.0. The van der Waals surface area contributed by atoms with Gasteiger partial charge in [0.2, 0.25) is 15.9 Å². The molecule has 176 valence electrons. The molecule has 2 aromatic carbocycles. The normalized spacial score (nSPS) is 14.7. The zero-order chi connectivity index (χ0) is 23.8. The number of carbonyl (C=O) groups excluding carboxylic acids is 2. The van der Waals surface area contributed by atoms with E-state index in [1.807, 2.05) is 0 Å². The Kier molecular flexibility index (Phi) is 8.15. The van der Waals surface area contributed by atoms with Crippen LogP contribution >= 0.6 is 0 Å². The van der Waals surface area contributed by atoms with Crippen LogP contribution in [0.2, 0.25) is 0 Å². The number of hydrogen-bond acceptors (Lipinski definition) is 7. The first-order chi connectivity index (χ1) is 15.8. The third-order valence-corrected chi connectivity index (χ3v) is 6.80. The second-order valence-corrected chi connectivity index (χ2v) is 9.26. The van der Waals surface area contributed by atoms with Gasteiger partial charge in [-0.2, -0.15) is 4.31 Å². The van der Waals surface area contributed by atoms with Crippen LogP contribution in [0.3, 0.4) is 0 Å². The Morgan fingerprint density at radius 3 is 2.42 bits per heavy atom. The Bertz CT molecular complexity index is 1130. The van der Waals surface area contributed by atoms with Gasteiger partial charge in [-0.15, -0.1) is 0 Å². The first-order valence-corrected chi connectivity index (χ1v) is 11.7. The number of sulfonamides is 1. The standard InChI is InChI=1S/C22H26N4O6S/c1-16-3-6-20(13-21(16)33(29,30)26-9-11-31-12-10-26)25-22(28)15-32-23-14-18-4-7-19(8-5-18)24-17(2)27/h3-8,13-14H,9-12,15H2,1-2H3,(H,24,27)(H,25,28)/b23-14+. The molecule has 3 rings (SSSR count). The molecule has 1 fully saturated rings. The average Bonchev–Trinajstić information content (AvgIpc) is 2.79. The molecule has 1 heterocycles. The predicted molar refractivity (Wildman–Crippen MR) is 124 cm³/mol. The van der Waals surface area contributed by atoms with Gasteiger partial charge in [0.25, 0.3) is 5.91 Å². The summed E-state index contributed by atoms with van der Waals surface area (Å²) in [6, 6.07) is 11.6. The maximum atomic E-state index is 13.0. The van der Waals surface area contributed by atoms with Crippen molar-refractivity contribution in [2.24, 2.45) is 5.16 Å². The van der Waals surface area contributed by atoms with E-state index in [0.29, 0.717) is 43.2 Å². The summed E-state index contributed by atoms with van der Waals surface area (Å²) >= 11 is 0. The summed E-state index contributed by atoms with van der Waals surface area (Å²) in [4.78, 5) is 28.4. The molecule has 0 atom stereocenters. The molecule has 11 heteroatoms. The number of hydrogen-bond donors (Lipinski definition) is 2. The number of anilines is 2. The number of carbonyl (C=O) groups is 2. The van der Waals surface area contributed by atoms with Gasteiger partial charge in [-0.05, 0) is 42.3 Å². The van der Waals surface area contributed by atoms with Crippen LogP contribution in [0.4, 0.5) is 11.4 Å². The van der Waals surface area contributed by atoms with E-state index in [9.17, 15) is 18.0 Å². The Morgan fingerprint density at radius 2 is 1.76 bits per heavy atom. The van der Waals surface area contributed by atoms with Crippen LogP contribution in [0.1, 0.15) is 18.1 Å². The Labute approximate surface area is 192 Å². The lowest BCUT2D eigenvalue weighted by atomic mass is 10.2. The van der Waals surface area contributed by atoms with Crippen LogP contribution in [0.25, 0.3) is 0 Å². The molecule has 0 aliphatic carbocycles. The number of aryl methyl sites for hydroxylation is 1. The van der Waals surface area contributed by atoms with E-state index in [1.54, 1.807) is 43.3 Å². The summed E-state index contributed by atoms with van der Waals surface area (Å²) in [6.07, 6.45) is 1.43. The van der Waals surface area contributed by atoms with Crippen molar-refractivity contribution in [3.63, 3.8) is 0 Å². The second-order valence-electron chi connectivity index (χ2n) is 7.36. The summed E-state index contributed by atoms with van der Waals surface area (Å²) in [5.41, 5.74) is 2.32. The summed E-state index contributed by atoms with van der Waals surface area (Å²) in [7, 11) is -3.69. The summed E-state index contributed by atoms with van der Waals surface area (Å²) in [6.45, 7) is 4.08. The van der Waals surface area contributed by atoms with Crippen molar-refractivity contribution in [3.8, 4) is 0 Å². The van der Waals surface area contributed by atoms with E-state index in [4.69, 9.17) is 9.57 Å². The van der Waals surface area contributed by atoms with Crippen molar-refractivity contribution >= 4 is 39.4 Å². The number of amides is 2. The molecule has 33 heavy (non-hydrogen) atoms. The molecule has 1 aliphatic rings. The number of nitrogens with one attached hydrogen (secondary N) is 2. The largest absolute Gasteiger partial charge is 0.386 e. The third kappa shape index (κ3) is 6.85. The van der Waals surface area contributed by atoms with Gasteiger partial charge in [-0.1, -0.05) is 23.4 Å². The molecule has 0 radical (unpaired) electrons. The van der Waals surface area contributed by atoms with Crippen molar-refractivity contribution in [1.82, 2.24) is 4.31 Å². The molecule has 0 unspecified atom stereocenters. The van der Waals surface area contributed by atoms with Crippen LogP contribution in [0.15, 0.2) is 52.5 Å². The first kappa shape index (κ1) is 24.4. The molecule has 1 aliphatic heterocycles. The topological polar surface area (TPSA) is 126 Å². The minimum atomic E-state index is -3.69. The van der Waals surface area contributed by atoms with Crippen molar-refractivity contribution in [3.05, 3.63) is 53.6 Å². The number of rotatable bonds is 8. The smallest absolute Gasteiger partial charge is 0.265 e. The number of benzene rings is 2. The summed E-state index contributed by atoms with van der Waals surface area (Å²) < 4.78 is 32.5. The van der Waals surface area contributed by atoms with E-state index >= 15 is 0 Å². The Morgan fingerprint density at radius 1 is 1.09 bits per heavy atom. The number of oxime groups is 1. The molecule has 0 bridgehead atoms. The molecular formula is C22H26N4O6S. The predicted octanol–water partition coefficient (Wildman–Crippen LogP) is 1.96. The molecule has 10 nitrogen and oxygen atoms in total. The fourth-order valence-electron chi connectivity index (χ4n) is 3.13. The molecule has 2 amide bonds. The van der Waals surface area contributed by atoms with E-state index in [0.717, 1.165) is 5.56 Å². The highest BCUT2D eigenvalue weighted by atomic mass is 32.2. The van der Waals surface area contributed by atoms with Crippen LogP contribution in [0, 0.1) is 6.92 Å². The van der Waals surface area contributed by atoms with Gasteiger partial charge in [0.05, 0.1) is 24.3 Å².